The number of amides is 1. The number of halogens is 1. The highest BCUT2D eigenvalue weighted by molar-refractivity contribution is 7.98. The normalized spacial score (nSPS) is 15.8. The molecule has 9 heteroatoms. The molecular weight excluding hydrogens is 461 g/mol. The van der Waals surface area contributed by atoms with Gasteiger partial charge in [-0.3, -0.25) is 9.69 Å². The Hall–Kier alpha value is -1.94. The molecule has 1 atom stereocenters. The van der Waals surface area contributed by atoms with Gasteiger partial charge in [-0.25, -0.2) is 12.8 Å². The van der Waals surface area contributed by atoms with Gasteiger partial charge in [-0.2, -0.15) is 16.5 Å². The summed E-state index contributed by atoms with van der Waals surface area (Å²) in [6.07, 6.45) is 5.87. The van der Waals surface area contributed by atoms with E-state index in [1.165, 1.54) is 49.2 Å². The second-order valence-corrected chi connectivity index (χ2v) is 10.9. The minimum Gasteiger partial charge on any atom is -0.351 e. The van der Waals surface area contributed by atoms with Gasteiger partial charge < -0.3 is 5.32 Å². The zero-order valence-corrected chi connectivity index (χ0v) is 20.6. The van der Waals surface area contributed by atoms with Gasteiger partial charge >= 0.3 is 0 Å². The molecule has 1 saturated heterocycles. The van der Waals surface area contributed by atoms with Crippen molar-refractivity contribution in [2.75, 3.05) is 25.1 Å². The predicted octanol–water partition coefficient (Wildman–Crippen LogP) is 3.53. The van der Waals surface area contributed by atoms with Gasteiger partial charge in [-0.05, 0) is 67.6 Å². The van der Waals surface area contributed by atoms with Crippen LogP contribution in [0.25, 0.3) is 0 Å². The van der Waals surface area contributed by atoms with Crippen molar-refractivity contribution in [3.8, 4) is 0 Å². The van der Waals surface area contributed by atoms with Gasteiger partial charge in [-0.1, -0.05) is 42.8 Å². The molecule has 33 heavy (non-hydrogen) atoms. The van der Waals surface area contributed by atoms with Crippen molar-refractivity contribution in [1.82, 2.24) is 14.9 Å². The summed E-state index contributed by atoms with van der Waals surface area (Å²) in [7, 11) is -4.18. The number of sulfonamides is 1. The molecule has 1 aliphatic rings. The SMILES string of the molecule is CSCCC(NS(=O)(=O)c1ccccc1F)C(=O)NCc1ccccc1CN1CCCCC1. The molecule has 180 valence electrons. The maximum atomic E-state index is 14.1. The summed E-state index contributed by atoms with van der Waals surface area (Å²) in [5.41, 5.74) is 2.17. The lowest BCUT2D eigenvalue weighted by Crippen LogP contribution is -2.47. The maximum Gasteiger partial charge on any atom is 0.244 e. The Morgan fingerprint density at radius 1 is 1.06 bits per heavy atom. The number of nitrogens with one attached hydrogen (secondary N) is 2. The molecule has 0 saturated carbocycles. The molecular formula is C24H32FN3O3S2. The minimum atomic E-state index is -4.18. The summed E-state index contributed by atoms with van der Waals surface area (Å²) in [6, 6.07) is 12.2. The summed E-state index contributed by atoms with van der Waals surface area (Å²) in [5.74, 6) is -0.680. The summed E-state index contributed by atoms with van der Waals surface area (Å²) in [4.78, 5) is 14.9. The molecule has 6 nitrogen and oxygen atoms in total. The third kappa shape index (κ3) is 7.53. The van der Waals surface area contributed by atoms with Crippen molar-refractivity contribution in [1.29, 1.82) is 0 Å². The van der Waals surface area contributed by atoms with Crippen molar-refractivity contribution in [2.24, 2.45) is 0 Å². The maximum absolute atomic E-state index is 14.1. The standard InChI is InChI=1S/C24H32FN3O3S2/c1-32-16-13-22(27-33(30,31)23-12-6-5-11-21(23)25)24(29)26-17-19-9-3-4-10-20(19)18-28-14-7-2-8-15-28/h3-6,9-12,22,27H,2,7-8,13-18H2,1H3,(H,26,29). The lowest BCUT2D eigenvalue weighted by molar-refractivity contribution is -0.122. The van der Waals surface area contributed by atoms with Gasteiger partial charge in [0.2, 0.25) is 15.9 Å². The average Bonchev–Trinajstić information content (AvgIpc) is 2.82. The first-order valence-corrected chi connectivity index (χ1v) is 14.1. The first-order chi connectivity index (χ1) is 15.9. The number of carbonyl (C=O) groups is 1. The van der Waals surface area contributed by atoms with Gasteiger partial charge in [-0.15, -0.1) is 0 Å². The number of benzene rings is 2. The van der Waals surface area contributed by atoms with Crippen LogP contribution in [-0.4, -0.2) is 50.4 Å². The first-order valence-electron chi connectivity index (χ1n) is 11.2. The molecule has 0 aliphatic carbocycles. The van der Waals surface area contributed by atoms with Gasteiger partial charge in [0.1, 0.15) is 16.8 Å². The minimum absolute atomic E-state index is 0.302. The Morgan fingerprint density at radius 3 is 2.42 bits per heavy atom. The quantitative estimate of drug-likeness (QED) is 0.501. The molecule has 2 N–H and O–H groups in total. The topological polar surface area (TPSA) is 78.5 Å². The van der Waals surface area contributed by atoms with Crippen LogP contribution >= 0.6 is 11.8 Å². The number of hydrogen-bond acceptors (Lipinski definition) is 5. The number of likely N-dealkylation sites (tertiary alicyclic amines) is 1. The molecule has 2 aromatic rings. The lowest BCUT2D eigenvalue weighted by atomic mass is 10.0. The number of nitrogens with zero attached hydrogens (tertiary/aromatic N) is 1. The van der Waals surface area contributed by atoms with Crippen molar-refractivity contribution < 1.29 is 17.6 Å². The fraction of sp³-hybridized carbons (Fsp3) is 0.458. The van der Waals surface area contributed by atoms with Gasteiger partial charge in [0, 0.05) is 13.1 Å². The van der Waals surface area contributed by atoms with Crippen molar-refractivity contribution in [2.45, 2.75) is 49.7 Å². The highest BCUT2D eigenvalue weighted by atomic mass is 32.2. The second-order valence-electron chi connectivity index (χ2n) is 8.21. The van der Waals surface area contributed by atoms with E-state index < -0.39 is 32.7 Å². The van der Waals surface area contributed by atoms with Gasteiger partial charge in [0.25, 0.3) is 0 Å². The summed E-state index contributed by atoms with van der Waals surface area (Å²) in [5, 5.41) is 2.89. The number of hydrogen-bond donors (Lipinski definition) is 2. The molecule has 1 heterocycles. The monoisotopic (exact) mass is 493 g/mol. The molecule has 1 aliphatic heterocycles. The molecule has 0 bridgehead atoms. The number of thioether (sulfide) groups is 1. The Labute approximate surface area is 200 Å². The van der Waals surface area contributed by atoms with E-state index in [0.717, 1.165) is 36.8 Å². The molecule has 1 fully saturated rings. The third-order valence-corrected chi connectivity index (χ3v) is 7.91. The van der Waals surface area contributed by atoms with Crippen LogP contribution < -0.4 is 10.0 Å². The van der Waals surface area contributed by atoms with E-state index in [1.807, 2.05) is 24.5 Å². The Morgan fingerprint density at radius 2 is 1.73 bits per heavy atom. The van der Waals surface area contributed by atoms with Crippen LogP contribution in [0.3, 0.4) is 0 Å². The van der Waals surface area contributed by atoms with Crippen LogP contribution in [0.4, 0.5) is 4.39 Å². The molecule has 3 rings (SSSR count). The van der Waals surface area contributed by atoms with Crippen molar-refractivity contribution >= 4 is 27.7 Å². The fourth-order valence-corrected chi connectivity index (χ4v) is 5.72. The van der Waals surface area contributed by atoms with Gasteiger partial charge in [0.05, 0.1) is 0 Å². The summed E-state index contributed by atoms with van der Waals surface area (Å²) in [6.45, 7) is 3.30. The van der Waals surface area contributed by atoms with Gasteiger partial charge in [0.15, 0.2) is 0 Å². The zero-order valence-electron chi connectivity index (χ0n) is 18.9. The second kappa shape index (κ2) is 12.5. The Balaban J connectivity index is 1.68. The number of rotatable bonds is 11. The van der Waals surface area contributed by atoms with Crippen LogP contribution in [-0.2, 0) is 27.9 Å². The number of carbonyl (C=O) groups excluding carboxylic acids is 1. The third-order valence-electron chi connectivity index (χ3n) is 5.76. The molecule has 1 amide bonds. The number of piperidine rings is 1. The smallest absolute Gasteiger partial charge is 0.244 e. The summed E-state index contributed by atoms with van der Waals surface area (Å²) >= 11 is 1.51. The highest BCUT2D eigenvalue weighted by Crippen LogP contribution is 2.17. The van der Waals surface area contributed by atoms with E-state index in [0.29, 0.717) is 18.7 Å². The van der Waals surface area contributed by atoms with E-state index in [4.69, 9.17) is 0 Å². The lowest BCUT2D eigenvalue weighted by Gasteiger charge is -2.27. The van der Waals surface area contributed by atoms with E-state index in [-0.39, 0.29) is 0 Å². The molecule has 1 unspecified atom stereocenters. The average molecular weight is 494 g/mol. The van der Waals surface area contributed by atoms with E-state index in [2.05, 4.69) is 21.0 Å². The van der Waals surface area contributed by atoms with Crippen molar-refractivity contribution in [3.63, 3.8) is 0 Å². The molecule has 0 aromatic heterocycles. The van der Waals surface area contributed by atoms with E-state index in [9.17, 15) is 17.6 Å². The van der Waals surface area contributed by atoms with E-state index in [1.54, 1.807) is 0 Å². The van der Waals surface area contributed by atoms with Crippen LogP contribution in [0.1, 0.15) is 36.8 Å². The van der Waals surface area contributed by atoms with Crippen LogP contribution in [0.15, 0.2) is 53.4 Å². The van der Waals surface area contributed by atoms with Crippen LogP contribution in [0, 0.1) is 5.82 Å². The first kappa shape index (κ1) is 25.7. The molecule has 0 spiro atoms. The fourth-order valence-electron chi connectivity index (χ4n) is 3.94. The van der Waals surface area contributed by atoms with Crippen LogP contribution in [0.5, 0.6) is 0 Å². The summed E-state index contributed by atoms with van der Waals surface area (Å²) < 4.78 is 41.9. The molecule has 0 radical (unpaired) electrons. The Kier molecular flexibility index (Phi) is 9.73. The van der Waals surface area contributed by atoms with Crippen molar-refractivity contribution in [3.05, 3.63) is 65.5 Å². The van der Waals surface area contributed by atoms with Crippen LogP contribution in [0.2, 0.25) is 0 Å². The largest absolute Gasteiger partial charge is 0.351 e. The zero-order chi connectivity index (χ0) is 23.7. The van der Waals surface area contributed by atoms with E-state index >= 15 is 0 Å². The Bertz CT molecular complexity index is 1030. The predicted molar refractivity (Wildman–Crippen MR) is 131 cm³/mol. The highest BCUT2D eigenvalue weighted by Gasteiger charge is 2.27. The molecule has 2 aromatic carbocycles.